The fourth-order valence-corrected chi connectivity index (χ4v) is 3.67. The van der Waals surface area contributed by atoms with Gasteiger partial charge in [0.2, 0.25) is 0 Å². The van der Waals surface area contributed by atoms with E-state index in [2.05, 4.69) is 0 Å². The van der Waals surface area contributed by atoms with E-state index in [0.29, 0.717) is 10.8 Å². The van der Waals surface area contributed by atoms with Crippen LogP contribution in [0.4, 0.5) is 5.69 Å². The molecule has 1 aromatic rings. The molecule has 0 radical (unpaired) electrons. The lowest BCUT2D eigenvalue weighted by Crippen LogP contribution is -2.65. The summed E-state index contributed by atoms with van der Waals surface area (Å²) in [6.07, 6.45) is 3.46. The summed E-state index contributed by atoms with van der Waals surface area (Å²) in [4.78, 5) is 10.2. The van der Waals surface area contributed by atoms with Crippen LogP contribution in [0.5, 0.6) is 0 Å². The molecule has 1 aromatic carbocycles. The molecule has 0 spiro atoms. The van der Waals surface area contributed by atoms with Crippen molar-refractivity contribution in [3.05, 3.63) is 39.9 Å². The lowest BCUT2D eigenvalue weighted by atomic mass is 9.34. The van der Waals surface area contributed by atoms with Gasteiger partial charge in [-0.3, -0.25) is 10.1 Å². The van der Waals surface area contributed by atoms with E-state index in [1.54, 1.807) is 12.1 Å². The Kier molecular flexibility index (Phi) is 1.88. The second-order valence-corrected chi connectivity index (χ2v) is 5.52. The Bertz CT molecular complexity index is 435. The number of benzene rings is 1. The summed E-state index contributed by atoms with van der Waals surface area (Å²) < 4.78 is 0. The number of hydrogen-bond acceptors (Lipinski definition) is 2. The number of nitro benzene ring substituents is 1. The average molecular weight is 238 g/mol. The first-order chi connectivity index (χ1) is 7.59. The highest BCUT2D eigenvalue weighted by atomic mass is 35.5. The second-order valence-electron chi connectivity index (χ2n) is 5.25. The number of nitro groups is 1. The van der Waals surface area contributed by atoms with Crippen LogP contribution >= 0.6 is 11.6 Å². The molecule has 4 heteroatoms. The van der Waals surface area contributed by atoms with Gasteiger partial charge in [-0.05, 0) is 35.7 Å². The summed E-state index contributed by atoms with van der Waals surface area (Å²) in [6.45, 7) is 0. The van der Waals surface area contributed by atoms with E-state index in [1.807, 2.05) is 12.1 Å². The molecule has 0 aliphatic heterocycles. The summed E-state index contributed by atoms with van der Waals surface area (Å²) in [6, 6.07) is 7.00. The van der Waals surface area contributed by atoms with Crippen molar-refractivity contribution in [1.82, 2.24) is 0 Å². The molecule has 4 rings (SSSR count). The highest BCUT2D eigenvalue weighted by molar-refractivity contribution is 6.18. The topological polar surface area (TPSA) is 43.1 Å². The third kappa shape index (κ3) is 1.15. The molecular weight excluding hydrogens is 226 g/mol. The zero-order valence-corrected chi connectivity index (χ0v) is 9.54. The van der Waals surface area contributed by atoms with Gasteiger partial charge in [-0.1, -0.05) is 12.1 Å². The normalized spacial score (nSPS) is 35.1. The fourth-order valence-electron chi connectivity index (χ4n) is 3.38. The van der Waals surface area contributed by atoms with Crippen LogP contribution in [-0.2, 0) is 5.41 Å². The third-order valence-corrected chi connectivity index (χ3v) is 4.68. The lowest BCUT2D eigenvalue weighted by molar-refractivity contribution is -0.384. The van der Waals surface area contributed by atoms with Crippen LogP contribution in [0.2, 0.25) is 0 Å². The lowest BCUT2D eigenvalue weighted by Gasteiger charge is -2.70. The first kappa shape index (κ1) is 10.1. The zero-order valence-electron chi connectivity index (χ0n) is 8.78. The van der Waals surface area contributed by atoms with Crippen LogP contribution in [0.3, 0.4) is 0 Å². The van der Waals surface area contributed by atoms with Crippen molar-refractivity contribution in [2.45, 2.75) is 24.7 Å². The molecule has 2 bridgehead atoms. The quantitative estimate of drug-likeness (QED) is 0.460. The van der Waals surface area contributed by atoms with Gasteiger partial charge in [-0.15, -0.1) is 11.6 Å². The van der Waals surface area contributed by atoms with Crippen LogP contribution in [0, 0.1) is 15.5 Å². The molecule has 0 N–H and O–H groups in total. The molecule has 0 atom stereocenters. The van der Waals surface area contributed by atoms with Crippen molar-refractivity contribution in [2.24, 2.45) is 5.41 Å². The van der Waals surface area contributed by atoms with Crippen LogP contribution in [0.1, 0.15) is 24.8 Å². The maximum absolute atomic E-state index is 10.5. The Labute approximate surface area is 98.6 Å². The Balaban J connectivity index is 1.81. The number of halogens is 1. The first-order valence-electron chi connectivity index (χ1n) is 5.40. The molecule has 3 aliphatic carbocycles. The maximum atomic E-state index is 10.5. The fraction of sp³-hybridized carbons (Fsp3) is 0.500. The molecule has 3 aliphatic rings. The Morgan fingerprint density at radius 3 is 2.25 bits per heavy atom. The molecule has 0 aromatic heterocycles. The highest BCUT2D eigenvalue weighted by Crippen LogP contribution is 2.73. The standard InChI is InChI=1S/C12H12ClNO2/c13-8-11-5-12(6-11,7-11)9-1-3-10(4-2-9)14(15)16/h1-4H,5-8H2. The SMILES string of the molecule is O=[N+]([O-])c1ccc(C23CC(CCl)(C2)C3)cc1. The van der Waals surface area contributed by atoms with E-state index in [9.17, 15) is 10.1 Å². The summed E-state index contributed by atoms with van der Waals surface area (Å²) in [7, 11) is 0. The predicted octanol–water partition coefficient (Wildman–Crippen LogP) is 3.26. The zero-order chi connectivity index (χ0) is 11.4. The smallest absolute Gasteiger partial charge is 0.258 e. The second kappa shape index (κ2) is 2.98. The Morgan fingerprint density at radius 1 is 1.25 bits per heavy atom. The number of non-ortho nitro benzene ring substituents is 1. The third-order valence-electron chi connectivity index (χ3n) is 4.11. The molecular formula is C12H12ClNO2. The van der Waals surface area contributed by atoms with Crippen molar-refractivity contribution < 1.29 is 4.92 Å². The minimum Gasteiger partial charge on any atom is -0.258 e. The average Bonchev–Trinajstić information content (AvgIpc) is 2.15. The van der Waals surface area contributed by atoms with Crippen LogP contribution in [-0.4, -0.2) is 10.8 Å². The molecule has 16 heavy (non-hydrogen) atoms. The first-order valence-corrected chi connectivity index (χ1v) is 5.94. The van der Waals surface area contributed by atoms with Crippen LogP contribution < -0.4 is 0 Å². The van der Waals surface area contributed by atoms with Gasteiger partial charge in [0.05, 0.1) is 4.92 Å². The van der Waals surface area contributed by atoms with Gasteiger partial charge in [-0.25, -0.2) is 0 Å². The van der Waals surface area contributed by atoms with E-state index in [4.69, 9.17) is 11.6 Å². The summed E-state index contributed by atoms with van der Waals surface area (Å²) in [5, 5.41) is 10.5. The van der Waals surface area contributed by atoms with E-state index in [0.717, 1.165) is 25.1 Å². The minimum atomic E-state index is -0.355. The largest absolute Gasteiger partial charge is 0.269 e. The number of nitrogens with zero attached hydrogens (tertiary/aromatic N) is 1. The van der Waals surface area contributed by atoms with Gasteiger partial charge in [-0.2, -0.15) is 0 Å². The van der Waals surface area contributed by atoms with Gasteiger partial charge in [0.15, 0.2) is 0 Å². The minimum absolute atomic E-state index is 0.169. The number of rotatable bonds is 3. The maximum Gasteiger partial charge on any atom is 0.269 e. The van der Waals surface area contributed by atoms with Crippen LogP contribution in [0.25, 0.3) is 0 Å². The van der Waals surface area contributed by atoms with Gasteiger partial charge >= 0.3 is 0 Å². The molecule has 3 saturated carbocycles. The highest BCUT2D eigenvalue weighted by Gasteiger charge is 2.67. The van der Waals surface area contributed by atoms with Gasteiger partial charge < -0.3 is 0 Å². The van der Waals surface area contributed by atoms with E-state index in [-0.39, 0.29) is 10.6 Å². The van der Waals surface area contributed by atoms with Gasteiger partial charge in [0, 0.05) is 18.0 Å². The van der Waals surface area contributed by atoms with E-state index in [1.165, 1.54) is 5.56 Å². The molecule has 0 heterocycles. The van der Waals surface area contributed by atoms with Gasteiger partial charge in [0.25, 0.3) is 5.69 Å². The van der Waals surface area contributed by atoms with Crippen molar-refractivity contribution >= 4 is 17.3 Å². The summed E-state index contributed by atoms with van der Waals surface area (Å²) in [5.41, 5.74) is 2.10. The summed E-state index contributed by atoms with van der Waals surface area (Å²) in [5.74, 6) is 0.752. The molecule has 84 valence electrons. The van der Waals surface area contributed by atoms with Gasteiger partial charge in [0.1, 0.15) is 0 Å². The van der Waals surface area contributed by atoms with E-state index >= 15 is 0 Å². The Hall–Kier alpha value is -1.09. The number of alkyl halides is 1. The molecule has 3 fully saturated rings. The molecule has 0 amide bonds. The number of hydrogen-bond donors (Lipinski definition) is 0. The van der Waals surface area contributed by atoms with Crippen molar-refractivity contribution in [3.8, 4) is 0 Å². The van der Waals surface area contributed by atoms with Crippen LogP contribution in [0.15, 0.2) is 24.3 Å². The monoisotopic (exact) mass is 237 g/mol. The van der Waals surface area contributed by atoms with Crippen molar-refractivity contribution in [2.75, 3.05) is 5.88 Å². The van der Waals surface area contributed by atoms with Crippen molar-refractivity contribution in [3.63, 3.8) is 0 Å². The predicted molar refractivity (Wildman–Crippen MR) is 61.8 cm³/mol. The molecule has 0 unspecified atom stereocenters. The molecule has 0 saturated heterocycles. The Morgan fingerprint density at radius 2 is 1.81 bits per heavy atom. The summed E-state index contributed by atoms with van der Waals surface area (Å²) >= 11 is 5.91. The van der Waals surface area contributed by atoms with E-state index < -0.39 is 0 Å². The molecule has 3 nitrogen and oxygen atoms in total. The van der Waals surface area contributed by atoms with Crippen molar-refractivity contribution in [1.29, 1.82) is 0 Å².